The van der Waals surface area contributed by atoms with E-state index in [0.717, 1.165) is 18.6 Å². The molecule has 0 radical (unpaired) electrons. The summed E-state index contributed by atoms with van der Waals surface area (Å²) in [4.78, 5) is 36.4. The number of fused-ring (bicyclic) bond motifs is 1. The highest BCUT2D eigenvalue weighted by Gasteiger charge is 2.46. The fraction of sp³-hybridized carbons (Fsp3) is 0.889. The first kappa shape index (κ1) is 34.2. The molecule has 1 saturated carbocycles. The fourth-order valence-corrected chi connectivity index (χ4v) is 9.11. The molecule has 0 aromatic heterocycles. The molecule has 16 heteroatoms. The molecule has 5 unspecified atom stereocenters. The molecule has 4 amide bonds. The predicted octanol–water partition coefficient (Wildman–Crippen LogP) is -0.549. The van der Waals surface area contributed by atoms with E-state index in [1.54, 1.807) is 0 Å². The number of urea groups is 1. The smallest absolute Gasteiger partial charge is 0.315 e. The standard InChI is InChI=1S/C27H47N5O9S2/c1-13(4-9-20-21-18(12-42-20)31-27(37)32-21)10-14(2)25(36)28-11-19-23(34)24(35)22(29-15(3)33)26(41-19)30-16-5-7-17(8-6-16)43(38,39)40/h13-14,16-24,26,30,34-35H,4-12H2,1-3H3,(H,28,36)(H,29,33)(H2,31,32,37)(H,38,39,40)/t13?,14?,16?,17?,18-,19?,20-,21-,22?,23+,24?,26+/m0/s1. The van der Waals surface area contributed by atoms with E-state index in [2.05, 4.69) is 33.5 Å². The zero-order valence-corrected chi connectivity index (χ0v) is 26.5. The summed E-state index contributed by atoms with van der Waals surface area (Å²) < 4.78 is 38.4. The Morgan fingerprint density at radius 3 is 2.47 bits per heavy atom. The maximum atomic E-state index is 13.0. The zero-order chi connectivity index (χ0) is 31.5. The number of aliphatic hydroxyl groups excluding tert-OH is 2. The van der Waals surface area contributed by atoms with Crippen molar-refractivity contribution >= 4 is 39.7 Å². The fourth-order valence-electron chi connectivity index (χ4n) is 6.73. The van der Waals surface area contributed by atoms with Crippen LogP contribution in [-0.2, 0) is 24.4 Å². The third-order valence-corrected chi connectivity index (χ3v) is 12.0. The van der Waals surface area contributed by atoms with Gasteiger partial charge in [-0.2, -0.15) is 20.2 Å². The average molecular weight is 650 g/mol. The van der Waals surface area contributed by atoms with Gasteiger partial charge in [0.2, 0.25) is 11.8 Å². The number of aliphatic hydroxyl groups is 2. The minimum atomic E-state index is -4.12. The van der Waals surface area contributed by atoms with Gasteiger partial charge in [-0.1, -0.05) is 13.8 Å². The third kappa shape index (κ3) is 8.95. The highest BCUT2D eigenvalue weighted by Crippen LogP contribution is 2.34. The molecule has 3 saturated heterocycles. The van der Waals surface area contributed by atoms with Crippen molar-refractivity contribution < 1.29 is 42.3 Å². The molecular formula is C27H47N5O9S2. The molecule has 3 heterocycles. The zero-order valence-electron chi connectivity index (χ0n) is 24.9. The molecule has 0 aromatic rings. The van der Waals surface area contributed by atoms with Crippen molar-refractivity contribution in [2.75, 3.05) is 12.3 Å². The Bertz CT molecular complexity index is 1110. The summed E-state index contributed by atoms with van der Waals surface area (Å²) in [5, 5.41) is 35.8. The Morgan fingerprint density at radius 1 is 1.12 bits per heavy atom. The van der Waals surface area contributed by atoms with E-state index in [9.17, 15) is 37.6 Å². The van der Waals surface area contributed by atoms with Gasteiger partial charge in [0.25, 0.3) is 10.1 Å². The second-order valence-electron chi connectivity index (χ2n) is 12.6. The molecule has 4 rings (SSSR count). The van der Waals surface area contributed by atoms with E-state index in [1.165, 1.54) is 6.92 Å². The van der Waals surface area contributed by atoms with Crippen molar-refractivity contribution in [2.45, 2.75) is 125 Å². The van der Waals surface area contributed by atoms with Crippen LogP contribution in [0, 0.1) is 11.8 Å². The molecule has 0 spiro atoms. The summed E-state index contributed by atoms with van der Waals surface area (Å²) in [6, 6.07) is -0.943. The number of thioether (sulfide) groups is 1. The van der Waals surface area contributed by atoms with Crippen LogP contribution < -0.4 is 26.6 Å². The number of hydrogen-bond acceptors (Lipinski definition) is 10. The minimum absolute atomic E-state index is 0.0509. The maximum absolute atomic E-state index is 13.0. The predicted molar refractivity (Wildman–Crippen MR) is 160 cm³/mol. The molecule has 14 nitrogen and oxygen atoms in total. The largest absolute Gasteiger partial charge is 0.388 e. The molecule has 0 aromatic carbocycles. The van der Waals surface area contributed by atoms with Crippen molar-refractivity contribution in [2.24, 2.45) is 11.8 Å². The quantitative estimate of drug-likeness (QED) is 0.0992. The van der Waals surface area contributed by atoms with Gasteiger partial charge in [-0.25, -0.2) is 4.79 Å². The number of carbonyl (C=O) groups excluding carboxylic acids is 3. The van der Waals surface area contributed by atoms with Gasteiger partial charge in [0.15, 0.2) is 0 Å². The Morgan fingerprint density at radius 2 is 1.81 bits per heavy atom. The number of nitrogens with one attached hydrogen (secondary N) is 5. The van der Waals surface area contributed by atoms with Gasteiger partial charge in [-0.05, 0) is 50.9 Å². The Labute approximate surface area is 257 Å². The summed E-state index contributed by atoms with van der Waals surface area (Å²) >= 11 is 1.87. The van der Waals surface area contributed by atoms with E-state index in [4.69, 9.17) is 4.74 Å². The van der Waals surface area contributed by atoms with Crippen molar-refractivity contribution in [1.29, 1.82) is 0 Å². The van der Waals surface area contributed by atoms with Crippen LogP contribution in [0.5, 0.6) is 0 Å². The van der Waals surface area contributed by atoms with Crippen LogP contribution in [0.25, 0.3) is 0 Å². The highest BCUT2D eigenvalue weighted by molar-refractivity contribution is 8.00. The van der Waals surface area contributed by atoms with Gasteiger partial charge in [0.05, 0.1) is 23.4 Å². The second-order valence-corrected chi connectivity index (χ2v) is 15.6. The molecule has 3 aliphatic heterocycles. The lowest BCUT2D eigenvalue weighted by molar-refractivity contribution is -0.194. The molecule has 4 aliphatic rings. The van der Waals surface area contributed by atoms with Gasteiger partial charge in [-0.3, -0.25) is 19.5 Å². The average Bonchev–Trinajstić information content (AvgIpc) is 3.49. The van der Waals surface area contributed by atoms with E-state index in [-0.39, 0.29) is 61.3 Å². The van der Waals surface area contributed by atoms with E-state index >= 15 is 0 Å². The summed E-state index contributed by atoms with van der Waals surface area (Å²) in [6.45, 7) is 5.19. The number of ether oxygens (including phenoxy) is 1. The minimum Gasteiger partial charge on any atom is -0.388 e. The van der Waals surface area contributed by atoms with Gasteiger partial charge < -0.3 is 36.2 Å². The summed E-state index contributed by atoms with van der Waals surface area (Å²) in [5.41, 5.74) is 0. The van der Waals surface area contributed by atoms with Gasteiger partial charge in [-0.15, -0.1) is 0 Å². The SMILES string of the molecule is CC(=O)NC1C(O)[C@H](O)C(CNC(=O)C(C)CC(C)CC[C@@H]2SC[C@@H]3NC(=O)N[C@@H]32)O[C@H]1NC1CCC(S(=O)(=O)O)CC1. The first-order valence-electron chi connectivity index (χ1n) is 15.2. The van der Waals surface area contributed by atoms with Crippen LogP contribution in [0.4, 0.5) is 4.79 Å². The van der Waals surface area contributed by atoms with Crippen LogP contribution in [0.1, 0.15) is 65.7 Å². The topological polar surface area (TPSA) is 215 Å². The Kier molecular flexibility index (Phi) is 11.6. The second kappa shape index (κ2) is 14.6. The van der Waals surface area contributed by atoms with E-state index in [1.807, 2.05) is 18.7 Å². The summed E-state index contributed by atoms with van der Waals surface area (Å²) in [6.07, 6.45) is -0.705. The Balaban J connectivity index is 1.25. The van der Waals surface area contributed by atoms with Crippen molar-refractivity contribution in [3.63, 3.8) is 0 Å². The maximum Gasteiger partial charge on any atom is 0.315 e. The van der Waals surface area contributed by atoms with Crippen molar-refractivity contribution in [1.82, 2.24) is 26.6 Å². The number of carbonyl (C=O) groups is 3. The van der Waals surface area contributed by atoms with Crippen LogP contribution in [0.3, 0.4) is 0 Å². The van der Waals surface area contributed by atoms with Crippen LogP contribution in [0.15, 0.2) is 0 Å². The Hall–Kier alpha value is -1.69. The third-order valence-electron chi connectivity index (χ3n) is 9.17. The van der Waals surface area contributed by atoms with Crippen LogP contribution >= 0.6 is 11.8 Å². The van der Waals surface area contributed by atoms with Crippen molar-refractivity contribution in [3.8, 4) is 0 Å². The van der Waals surface area contributed by atoms with E-state index in [0.29, 0.717) is 24.5 Å². The van der Waals surface area contributed by atoms with Crippen LogP contribution in [-0.4, -0.2) is 113 Å². The number of rotatable bonds is 12. The molecule has 43 heavy (non-hydrogen) atoms. The summed E-state index contributed by atoms with van der Waals surface area (Å²) in [7, 11) is -4.12. The normalized spacial score (nSPS) is 37.5. The molecule has 10 atom stereocenters. The van der Waals surface area contributed by atoms with Gasteiger partial charge in [0.1, 0.15) is 24.5 Å². The lowest BCUT2D eigenvalue weighted by Crippen LogP contribution is -2.69. The number of hydrogen-bond donors (Lipinski definition) is 8. The monoisotopic (exact) mass is 649 g/mol. The van der Waals surface area contributed by atoms with Crippen LogP contribution in [0.2, 0.25) is 0 Å². The lowest BCUT2D eigenvalue weighted by atomic mass is 9.90. The molecule has 246 valence electrons. The first-order valence-corrected chi connectivity index (χ1v) is 17.8. The molecule has 8 N–H and O–H groups in total. The highest BCUT2D eigenvalue weighted by atomic mass is 32.2. The molecule has 4 fully saturated rings. The van der Waals surface area contributed by atoms with E-state index < -0.39 is 51.9 Å². The number of amides is 4. The molecular weight excluding hydrogens is 602 g/mol. The summed E-state index contributed by atoms with van der Waals surface area (Å²) in [5.74, 6) is 0.273. The first-order chi connectivity index (χ1) is 20.2. The van der Waals surface area contributed by atoms with Crippen molar-refractivity contribution in [3.05, 3.63) is 0 Å². The van der Waals surface area contributed by atoms with Gasteiger partial charge in [0, 0.05) is 36.4 Å². The lowest BCUT2D eigenvalue weighted by Gasteiger charge is -2.45. The molecule has 0 bridgehead atoms. The van der Waals surface area contributed by atoms with Gasteiger partial charge >= 0.3 is 6.03 Å². The molecule has 1 aliphatic carbocycles.